The highest BCUT2D eigenvalue weighted by Gasteiger charge is 2.36. The first-order chi connectivity index (χ1) is 22.6. The third-order valence-corrected chi connectivity index (χ3v) is 9.73. The standard InChI is InChI=1S/C45H37N/c1-45(2)42-23-13-11-22-40(42)41-30-29-36(31-43(41)45)46(44-24-14-12-21-39(44)33-17-7-4-8-18-33)35-27-25-34(26-28-35)38-20-10-9-19-37(38)32-15-5-3-6-16-32/h3-11,13,15-31H,12,14H2,1-2H3. The van der Waals surface area contributed by atoms with Crippen LogP contribution >= 0.6 is 0 Å². The van der Waals surface area contributed by atoms with Gasteiger partial charge in [-0.3, -0.25) is 0 Å². The lowest BCUT2D eigenvalue weighted by atomic mass is 9.82. The first-order valence-corrected chi connectivity index (χ1v) is 16.4. The van der Waals surface area contributed by atoms with Gasteiger partial charge in [0, 0.05) is 28.1 Å². The van der Waals surface area contributed by atoms with Crippen LogP contribution in [0.15, 0.2) is 170 Å². The van der Waals surface area contributed by atoms with Gasteiger partial charge in [-0.15, -0.1) is 0 Å². The zero-order valence-electron chi connectivity index (χ0n) is 26.4. The Morgan fingerprint density at radius 1 is 0.435 bits per heavy atom. The minimum absolute atomic E-state index is 0.0718. The maximum Gasteiger partial charge on any atom is 0.0497 e. The number of hydrogen-bond acceptors (Lipinski definition) is 1. The minimum Gasteiger partial charge on any atom is -0.310 e. The highest BCUT2D eigenvalue weighted by molar-refractivity contribution is 5.91. The Labute approximate surface area is 272 Å². The molecule has 2 aliphatic rings. The molecule has 0 unspecified atom stereocenters. The number of fused-ring (bicyclic) bond motifs is 3. The molecule has 6 aromatic rings. The summed E-state index contributed by atoms with van der Waals surface area (Å²) in [6, 6.07) is 55.4. The quantitative estimate of drug-likeness (QED) is 0.186. The molecule has 1 nitrogen and oxygen atoms in total. The monoisotopic (exact) mass is 591 g/mol. The van der Waals surface area contributed by atoms with Crippen LogP contribution in [0, 0.1) is 0 Å². The van der Waals surface area contributed by atoms with E-state index in [0.717, 1.165) is 18.5 Å². The van der Waals surface area contributed by atoms with Crippen molar-refractivity contribution in [3.05, 3.63) is 186 Å². The van der Waals surface area contributed by atoms with E-state index in [0.29, 0.717) is 0 Å². The molecule has 2 aliphatic carbocycles. The Morgan fingerprint density at radius 2 is 0.957 bits per heavy atom. The molecule has 0 saturated heterocycles. The van der Waals surface area contributed by atoms with Gasteiger partial charge in [0.1, 0.15) is 0 Å². The van der Waals surface area contributed by atoms with E-state index in [2.05, 4.69) is 183 Å². The van der Waals surface area contributed by atoms with E-state index in [1.165, 1.54) is 67.0 Å². The third-order valence-electron chi connectivity index (χ3n) is 9.73. The van der Waals surface area contributed by atoms with Crippen LogP contribution in [-0.4, -0.2) is 0 Å². The van der Waals surface area contributed by atoms with Gasteiger partial charge in [-0.1, -0.05) is 153 Å². The molecule has 0 spiro atoms. The van der Waals surface area contributed by atoms with E-state index in [1.807, 2.05) is 0 Å². The highest BCUT2D eigenvalue weighted by Crippen LogP contribution is 2.51. The van der Waals surface area contributed by atoms with E-state index in [9.17, 15) is 0 Å². The average Bonchev–Trinajstić information content (AvgIpc) is 3.35. The smallest absolute Gasteiger partial charge is 0.0497 e. The van der Waals surface area contributed by atoms with Crippen LogP contribution in [0.2, 0.25) is 0 Å². The van der Waals surface area contributed by atoms with Crippen molar-refractivity contribution in [2.24, 2.45) is 0 Å². The molecule has 222 valence electrons. The van der Waals surface area contributed by atoms with Gasteiger partial charge < -0.3 is 4.90 Å². The van der Waals surface area contributed by atoms with Crippen LogP contribution in [-0.2, 0) is 5.41 Å². The van der Waals surface area contributed by atoms with Crippen LogP contribution in [0.3, 0.4) is 0 Å². The largest absolute Gasteiger partial charge is 0.310 e. The number of nitrogens with zero attached hydrogens (tertiary/aromatic N) is 1. The van der Waals surface area contributed by atoms with Gasteiger partial charge in [-0.2, -0.15) is 0 Å². The van der Waals surface area contributed by atoms with Crippen LogP contribution < -0.4 is 4.90 Å². The van der Waals surface area contributed by atoms with Crippen LogP contribution in [0.1, 0.15) is 43.4 Å². The second kappa shape index (κ2) is 11.5. The normalized spacial score (nSPS) is 14.6. The molecule has 1 heteroatoms. The molecule has 46 heavy (non-hydrogen) atoms. The molecule has 0 N–H and O–H groups in total. The molecule has 0 atom stereocenters. The summed E-state index contributed by atoms with van der Waals surface area (Å²) in [6.07, 6.45) is 6.90. The van der Waals surface area contributed by atoms with Gasteiger partial charge in [0.05, 0.1) is 0 Å². The lowest BCUT2D eigenvalue weighted by Gasteiger charge is -2.32. The summed E-state index contributed by atoms with van der Waals surface area (Å²) in [7, 11) is 0. The van der Waals surface area contributed by atoms with E-state index in [1.54, 1.807) is 0 Å². The van der Waals surface area contributed by atoms with Gasteiger partial charge in [-0.05, 0) is 87.2 Å². The second-order valence-electron chi connectivity index (χ2n) is 12.8. The summed E-state index contributed by atoms with van der Waals surface area (Å²) in [4.78, 5) is 2.48. The topological polar surface area (TPSA) is 3.24 Å². The van der Waals surface area contributed by atoms with Crippen molar-refractivity contribution < 1.29 is 0 Å². The second-order valence-corrected chi connectivity index (χ2v) is 12.8. The van der Waals surface area contributed by atoms with Crippen LogP contribution in [0.4, 0.5) is 11.4 Å². The minimum atomic E-state index is -0.0718. The maximum atomic E-state index is 2.48. The molecule has 0 aliphatic heterocycles. The highest BCUT2D eigenvalue weighted by atomic mass is 15.2. The van der Waals surface area contributed by atoms with E-state index in [-0.39, 0.29) is 5.41 Å². The Morgan fingerprint density at radius 3 is 1.65 bits per heavy atom. The van der Waals surface area contributed by atoms with Gasteiger partial charge in [0.15, 0.2) is 0 Å². The van der Waals surface area contributed by atoms with Gasteiger partial charge >= 0.3 is 0 Å². The van der Waals surface area contributed by atoms with Crippen molar-refractivity contribution in [2.75, 3.05) is 4.90 Å². The summed E-state index contributed by atoms with van der Waals surface area (Å²) in [5.74, 6) is 0. The predicted molar refractivity (Wildman–Crippen MR) is 195 cm³/mol. The number of rotatable bonds is 6. The predicted octanol–water partition coefficient (Wildman–Crippen LogP) is 12.2. The number of anilines is 2. The molecular weight excluding hydrogens is 555 g/mol. The first kappa shape index (κ1) is 28.1. The Hall–Kier alpha value is -5.40. The lowest BCUT2D eigenvalue weighted by molar-refractivity contribution is 0.660. The molecule has 0 fully saturated rings. The van der Waals surface area contributed by atoms with Crippen LogP contribution in [0.25, 0.3) is 39.0 Å². The van der Waals surface area contributed by atoms with Gasteiger partial charge in [-0.25, -0.2) is 0 Å². The van der Waals surface area contributed by atoms with E-state index >= 15 is 0 Å². The average molecular weight is 592 g/mol. The van der Waals surface area contributed by atoms with Crippen molar-refractivity contribution in [2.45, 2.75) is 32.1 Å². The van der Waals surface area contributed by atoms with Crippen molar-refractivity contribution in [3.8, 4) is 33.4 Å². The summed E-state index contributed by atoms with van der Waals surface area (Å²) in [5.41, 5.74) is 16.5. The molecule has 8 rings (SSSR count). The lowest BCUT2D eigenvalue weighted by Crippen LogP contribution is -2.20. The third kappa shape index (κ3) is 4.80. The summed E-state index contributed by atoms with van der Waals surface area (Å²) < 4.78 is 0. The molecule has 0 saturated carbocycles. The molecular formula is C45H37N. The molecule has 0 heterocycles. The van der Waals surface area contributed by atoms with Crippen molar-refractivity contribution in [1.29, 1.82) is 0 Å². The van der Waals surface area contributed by atoms with E-state index < -0.39 is 0 Å². The van der Waals surface area contributed by atoms with Crippen LogP contribution in [0.5, 0.6) is 0 Å². The fourth-order valence-electron chi connectivity index (χ4n) is 7.41. The molecule has 0 bridgehead atoms. The Balaban J connectivity index is 1.26. The van der Waals surface area contributed by atoms with Crippen molar-refractivity contribution in [1.82, 2.24) is 0 Å². The zero-order chi connectivity index (χ0) is 31.1. The number of allylic oxidation sites excluding steroid dienone is 3. The fraction of sp³-hybridized carbons (Fsp3) is 0.111. The zero-order valence-corrected chi connectivity index (χ0v) is 26.4. The fourth-order valence-corrected chi connectivity index (χ4v) is 7.41. The number of hydrogen-bond donors (Lipinski definition) is 0. The summed E-state index contributed by atoms with van der Waals surface area (Å²) in [6.45, 7) is 4.72. The van der Waals surface area contributed by atoms with Gasteiger partial charge in [0.25, 0.3) is 0 Å². The Bertz CT molecular complexity index is 2100. The van der Waals surface area contributed by atoms with E-state index in [4.69, 9.17) is 0 Å². The number of benzene rings is 6. The maximum absolute atomic E-state index is 2.48. The first-order valence-electron chi connectivity index (χ1n) is 16.4. The van der Waals surface area contributed by atoms with Crippen molar-refractivity contribution >= 4 is 16.9 Å². The summed E-state index contributed by atoms with van der Waals surface area (Å²) in [5, 5.41) is 0. The SMILES string of the molecule is CC1(C)c2ccccc2-c2ccc(N(C3=CCCC=C3c3ccccc3)c3ccc(-c4ccccc4-c4ccccc4)cc3)cc21. The molecule has 0 radical (unpaired) electrons. The molecule has 6 aromatic carbocycles. The molecule has 0 aromatic heterocycles. The molecule has 0 amide bonds. The Kier molecular flexibility index (Phi) is 7.03. The van der Waals surface area contributed by atoms with Gasteiger partial charge in [0.2, 0.25) is 0 Å². The summed E-state index contributed by atoms with van der Waals surface area (Å²) >= 11 is 0. The van der Waals surface area contributed by atoms with Crippen molar-refractivity contribution in [3.63, 3.8) is 0 Å².